The molecule has 0 aromatic carbocycles. The molecule has 0 spiro atoms. The zero-order chi connectivity index (χ0) is 14.2. The smallest absolute Gasteiger partial charge is 0.314 e. The van der Waals surface area contributed by atoms with E-state index in [-0.39, 0.29) is 11.5 Å². The van der Waals surface area contributed by atoms with E-state index in [1.807, 2.05) is 0 Å². The minimum absolute atomic E-state index is 0.126. The number of methoxy groups -OCH3 is 1. The first-order chi connectivity index (χ1) is 8.95. The van der Waals surface area contributed by atoms with E-state index >= 15 is 0 Å². The summed E-state index contributed by atoms with van der Waals surface area (Å²) in [5.74, 6) is 0.430. The molecule has 0 saturated heterocycles. The van der Waals surface area contributed by atoms with E-state index in [2.05, 4.69) is 26.0 Å². The fourth-order valence-corrected chi connectivity index (χ4v) is 1.91. The molecular formula is C11H11BrN4O3. The summed E-state index contributed by atoms with van der Waals surface area (Å²) in [5.41, 5.74) is 1.34. The first kappa shape index (κ1) is 13.5. The zero-order valence-corrected chi connectivity index (χ0v) is 12.1. The number of hydrogen-bond acceptors (Lipinski definition) is 5. The Kier molecular flexibility index (Phi) is 3.52. The molecule has 0 aliphatic carbocycles. The summed E-state index contributed by atoms with van der Waals surface area (Å²) in [6, 6.07) is 2.80. The standard InChI is InChI=1S/C11H11BrN4O3/c1-6-10(12)7(2)15(14-6)11-8(16(17)18)4-5-9(13-11)19-3/h4-5H,1-3H3. The first-order valence-electron chi connectivity index (χ1n) is 5.37. The number of halogens is 1. The molecule has 2 rings (SSSR count). The molecule has 0 bridgehead atoms. The number of hydrogen-bond donors (Lipinski definition) is 0. The molecule has 0 aliphatic rings. The van der Waals surface area contributed by atoms with E-state index in [0.717, 1.165) is 15.9 Å². The molecule has 8 heteroatoms. The van der Waals surface area contributed by atoms with Gasteiger partial charge in [-0.1, -0.05) is 0 Å². The highest BCUT2D eigenvalue weighted by atomic mass is 79.9. The molecule has 0 N–H and O–H groups in total. The van der Waals surface area contributed by atoms with Crippen LogP contribution in [0.1, 0.15) is 11.4 Å². The summed E-state index contributed by atoms with van der Waals surface area (Å²) in [6.07, 6.45) is 0. The van der Waals surface area contributed by atoms with Gasteiger partial charge in [0, 0.05) is 12.1 Å². The Morgan fingerprint density at radius 3 is 2.58 bits per heavy atom. The minimum Gasteiger partial charge on any atom is -0.481 e. The molecule has 2 heterocycles. The second-order valence-electron chi connectivity index (χ2n) is 3.85. The van der Waals surface area contributed by atoms with E-state index < -0.39 is 4.92 Å². The molecule has 0 unspecified atom stereocenters. The Hall–Kier alpha value is -1.96. The number of nitro groups is 1. The molecule has 0 radical (unpaired) electrons. The Balaban J connectivity index is 2.71. The maximum absolute atomic E-state index is 11.1. The third-order valence-electron chi connectivity index (χ3n) is 2.64. The summed E-state index contributed by atoms with van der Waals surface area (Å²) in [5, 5.41) is 15.3. The van der Waals surface area contributed by atoms with Crippen LogP contribution in [-0.2, 0) is 0 Å². The van der Waals surface area contributed by atoms with Crippen molar-refractivity contribution in [3.05, 3.63) is 38.1 Å². The lowest BCUT2D eigenvalue weighted by molar-refractivity contribution is -0.385. The second kappa shape index (κ2) is 4.96. The van der Waals surface area contributed by atoms with Gasteiger partial charge in [0.25, 0.3) is 0 Å². The van der Waals surface area contributed by atoms with Gasteiger partial charge in [0.15, 0.2) is 0 Å². The van der Waals surface area contributed by atoms with Crippen LogP contribution in [0.2, 0.25) is 0 Å². The van der Waals surface area contributed by atoms with E-state index in [9.17, 15) is 10.1 Å². The molecule has 100 valence electrons. The molecule has 0 atom stereocenters. The highest BCUT2D eigenvalue weighted by Gasteiger charge is 2.22. The Labute approximate surface area is 117 Å². The van der Waals surface area contributed by atoms with Crippen LogP contribution in [0.4, 0.5) is 5.69 Å². The van der Waals surface area contributed by atoms with Crippen molar-refractivity contribution in [3.63, 3.8) is 0 Å². The monoisotopic (exact) mass is 326 g/mol. The molecule has 19 heavy (non-hydrogen) atoms. The summed E-state index contributed by atoms with van der Waals surface area (Å²) >= 11 is 3.38. The zero-order valence-electron chi connectivity index (χ0n) is 10.5. The van der Waals surface area contributed by atoms with Gasteiger partial charge in [-0.3, -0.25) is 10.1 Å². The lowest BCUT2D eigenvalue weighted by Crippen LogP contribution is -2.07. The van der Waals surface area contributed by atoms with Crippen molar-refractivity contribution in [2.75, 3.05) is 7.11 Å². The Bertz CT molecular complexity index is 654. The number of ether oxygens (including phenoxy) is 1. The predicted octanol–water partition coefficient (Wildman–Crippen LogP) is 2.56. The van der Waals surface area contributed by atoms with Crippen molar-refractivity contribution in [1.82, 2.24) is 14.8 Å². The third-order valence-corrected chi connectivity index (χ3v) is 3.79. The number of rotatable bonds is 3. The second-order valence-corrected chi connectivity index (χ2v) is 4.64. The topological polar surface area (TPSA) is 83.1 Å². The van der Waals surface area contributed by atoms with Gasteiger partial charge < -0.3 is 4.74 Å². The van der Waals surface area contributed by atoms with Crippen LogP contribution in [0, 0.1) is 24.0 Å². The number of aromatic nitrogens is 3. The van der Waals surface area contributed by atoms with Gasteiger partial charge in [-0.2, -0.15) is 10.1 Å². The van der Waals surface area contributed by atoms with Crippen LogP contribution in [0.15, 0.2) is 16.6 Å². The molecule has 0 amide bonds. The number of aryl methyl sites for hydroxylation is 1. The maximum Gasteiger partial charge on any atom is 0.314 e. The summed E-state index contributed by atoms with van der Waals surface area (Å²) in [7, 11) is 1.45. The fraction of sp³-hybridized carbons (Fsp3) is 0.273. The molecule has 0 saturated carbocycles. The Morgan fingerprint density at radius 1 is 1.42 bits per heavy atom. The van der Waals surface area contributed by atoms with Gasteiger partial charge in [0.1, 0.15) is 0 Å². The highest BCUT2D eigenvalue weighted by Crippen LogP contribution is 2.28. The SMILES string of the molecule is COc1ccc([N+](=O)[O-])c(-n2nc(C)c(Br)c2C)n1. The predicted molar refractivity (Wildman–Crippen MR) is 71.7 cm³/mol. The van der Waals surface area contributed by atoms with Crippen molar-refractivity contribution in [1.29, 1.82) is 0 Å². The lowest BCUT2D eigenvalue weighted by Gasteiger charge is -2.06. The fourth-order valence-electron chi connectivity index (χ4n) is 1.67. The normalized spacial score (nSPS) is 10.5. The largest absolute Gasteiger partial charge is 0.481 e. The van der Waals surface area contributed by atoms with Gasteiger partial charge in [0.05, 0.1) is 27.9 Å². The van der Waals surface area contributed by atoms with Crippen LogP contribution in [0.5, 0.6) is 5.88 Å². The molecule has 0 fully saturated rings. The van der Waals surface area contributed by atoms with Crippen molar-refractivity contribution in [2.24, 2.45) is 0 Å². The van der Waals surface area contributed by atoms with Crippen LogP contribution in [0.25, 0.3) is 5.82 Å². The van der Waals surface area contributed by atoms with Crippen LogP contribution in [0.3, 0.4) is 0 Å². The molecule has 7 nitrogen and oxygen atoms in total. The number of pyridine rings is 1. The van der Waals surface area contributed by atoms with Crippen molar-refractivity contribution in [3.8, 4) is 11.7 Å². The van der Waals surface area contributed by atoms with Crippen LogP contribution < -0.4 is 4.74 Å². The molecule has 0 aliphatic heterocycles. The van der Waals surface area contributed by atoms with Gasteiger partial charge in [-0.15, -0.1) is 0 Å². The summed E-state index contributed by atoms with van der Waals surface area (Å²) < 4.78 is 7.23. The maximum atomic E-state index is 11.1. The van der Waals surface area contributed by atoms with Crippen LogP contribution in [-0.4, -0.2) is 26.8 Å². The molecular weight excluding hydrogens is 316 g/mol. The molecule has 2 aromatic heterocycles. The summed E-state index contributed by atoms with van der Waals surface area (Å²) in [6.45, 7) is 3.61. The van der Waals surface area contributed by atoms with Gasteiger partial charge in [-0.05, 0) is 29.8 Å². The average Bonchev–Trinajstić information content (AvgIpc) is 2.65. The summed E-state index contributed by atoms with van der Waals surface area (Å²) in [4.78, 5) is 14.7. The minimum atomic E-state index is -0.494. The van der Waals surface area contributed by atoms with Crippen molar-refractivity contribution < 1.29 is 9.66 Å². The van der Waals surface area contributed by atoms with Gasteiger partial charge >= 0.3 is 5.69 Å². The Morgan fingerprint density at radius 2 is 2.11 bits per heavy atom. The first-order valence-corrected chi connectivity index (χ1v) is 6.16. The van der Waals surface area contributed by atoms with Crippen molar-refractivity contribution in [2.45, 2.75) is 13.8 Å². The van der Waals surface area contributed by atoms with E-state index in [4.69, 9.17) is 4.74 Å². The lowest BCUT2D eigenvalue weighted by atomic mass is 10.3. The van der Waals surface area contributed by atoms with Crippen molar-refractivity contribution >= 4 is 21.6 Å². The third kappa shape index (κ3) is 2.30. The van der Waals surface area contributed by atoms with Gasteiger partial charge in [-0.25, -0.2) is 4.68 Å². The van der Waals surface area contributed by atoms with E-state index in [1.165, 1.54) is 23.9 Å². The average molecular weight is 327 g/mol. The van der Waals surface area contributed by atoms with Gasteiger partial charge in [0.2, 0.25) is 11.7 Å². The van der Waals surface area contributed by atoms with E-state index in [0.29, 0.717) is 5.88 Å². The quantitative estimate of drug-likeness (QED) is 0.639. The molecule has 2 aromatic rings. The van der Waals surface area contributed by atoms with E-state index in [1.54, 1.807) is 13.8 Å². The highest BCUT2D eigenvalue weighted by molar-refractivity contribution is 9.10. The van der Waals surface area contributed by atoms with Crippen LogP contribution >= 0.6 is 15.9 Å². The number of nitrogens with zero attached hydrogens (tertiary/aromatic N) is 4.